The molecule has 0 aliphatic heterocycles. The Hall–Kier alpha value is -2.13. The van der Waals surface area contributed by atoms with Crippen LogP contribution < -0.4 is 5.32 Å². The smallest absolute Gasteiger partial charge is 0.242 e. The van der Waals surface area contributed by atoms with E-state index in [2.05, 4.69) is 5.32 Å². The second-order valence-electron chi connectivity index (χ2n) is 8.57. The average molecular weight is 557 g/mol. The van der Waals surface area contributed by atoms with E-state index in [1.165, 1.54) is 28.4 Å². The van der Waals surface area contributed by atoms with Gasteiger partial charge in [0.05, 0.1) is 4.90 Å². The monoisotopic (exact) mass is 555 g/mol. The molecule has 0 saturated heterocycles. The van der Waals surface area contributed by atoms with Gasteiger partial charge in [-0.2, -0.15) is 0 Å². The largest absolute Gasteiger partial charge is 0.354 e. The molecule has 7 nitrogen and oxygen atoms in total. The maximum Gasteiger partial charge on any atom is 0.242 e. The van der Waals surface area contributed by atoms with Gasteiger partial charge in [-0.25, -0.2) is 12.7 Å². The number of amides is 2. The average Bonchev–Trinajstić information content (AvgIpc) is 2.85. The van der Waals surface area contributed by atoms with Crippen molar-refractivity contribution in [1.29, 1.82) is 0 Å². The summed E-state index contributed by atoms with van der Waals surface area (Å²) in [6.07, 6.45) is 2.61. The van der Waals surface area contributed by atoms with Gasteiger partial charge in [-0.15, -0.1) is 0 Å². The summed E-state index contributed by atoms with van der Waals surface area (Å²) in [7, 11) is -2.15. The fourth-order valence-corrected chi connectivity index (χ4v) is 5.45. The molecule has 0 heterocycles. The molecule has 0 bridgehead atoms. The van der Waals surface area contributed by atoms with Crippen molar-refractivity contribution in [2.45, 2.75) is 63.4 Å². The zero-order valence-electron chi connectivity index (χ0n) is 21.0. The molecule has 2 aromatic rings. The van der Waals surface area contributed by atoms with Crippen molar-refractivity contribution in [1.82, 2.24) is 14.5 Å². The van der Waals surface area contributed by atoms with Gasteiger partial charge in [-0.1, -0.05) is 67.7 Å². The van der Waals surface area contributed by atoms with Crippen LogP contribution in [0.25, 0.3) is 0 Å². The van der Waals surface area contributed by atoms with Crippen LogP contribution in [0.5, 0.6) is 0 Å². The van der Waals surface area contributed by atoms with Gasteiger partial charge in [-0.05, 0) is 49.1 Å². The second kappa shape index (κ2) is 14.6. The molecule has 0 aliphatic carbocycles. The number of hydrogen-bond acceptors (Lipinski definition) is 4. The van der Waals surface area contributed by atoms with Crippen LogP contribution >= 0.6 is 23.2 Å². The van der Waals surface area contributed by atoms with Crippen LogP contribution in [0, 0.1) is 0 Å². The molecule has 2 amide bonds. The molecule has 0 spiro atoms. The van der Waals surface area contributed by atoms with Gasteiger partial charge in [0.1, 0.15) is 6.04 Å². The molecular weight excluding hydrogens is 521 g/mol. The number of nitrogens with one attached hydrogen (secondary N) is 1. The Morgan fingerprint density at radius 1 is 1.03 bits per heavy atom. The van der Waals surface area contributed by atoms with E-state index >= 15 is 0 Å². The summed E-state index contributed by atoms with van der Waals surface area (Å²) in [5.74, 6) is -0.461. The maximum atomic E-state index is 13.4. The minimum absolute atomic E-state index is 0.0819. The highest BCUT2D eigenvalue weighted by Crippen LogP contribution is 2.24. The molecule has 1 atom stereocenters. The number of sulfonamides is 1. The Kier molecular flexibility index (Phi) is 12.2. The lowest BCUT2D eigenvalue weighted by atomic mass is 10.1. The third kappa shape index (κ3) is 8.47. The van der Waals surface area contributed by atoms with Crippen molar-refractivity contribution in [3.05, 3.63) is 64.1 Å². The Labute approximate surface area is 224 Å². The van der Waals surface area contributed by atoms with Crippen molar-refractivity contribution >= 4 is 45.0 Å². The number of halogens is 2. The van der Waals surface area contributed by atoms with Crippen LogP contribution in [0.4, 0.5) is 0 Å². The number of rotatable bonds is 14. The Bertz CT molecular complexity index is 1110. The first-order valence-electron chi connectivity index (χ1n) is 12.1. The number of nitrogens with zero attached hydrogens (tertiary/aromatic N) is 2. The summed E-state index contributed by atoms with van der Waals surface area (Å²) in [5.41, 5.74) is 0.679. The minimum Gasteiger partial charge on any atom is -0.354 e. The molecular formula is C26H35Cl2N3O4S. The van der Waals surface area contributed by atoms with Crippen LogP contribution in [0.3, 0.4) is 0 Å². The first-order valence-corrected chi connectivity index (χ1v) is 14.3. The fourth-order valence-electron chi connectivity index (χ4n) is 3.75. The van der Waals surface area contributed by atoms with Gasteiger partial charge < -0.3 is 10.2 Å². The first-order chi connectivity index (χ1) is 17.1. The van der Waals surface area contributed by atoms with Crippen molar-refractivity contribution in [3.8, 4) is 0 Å². The van der Waals surface area contributed by atoms with E-state index in [4.69, 9.17) is 23.2 Å². The zero-order valence-corrected chi connectivity index (χ0v) is 23.4. The van der Waals surface area contributed by atoms with Crippen molar-refractivity contribution < 1.29 is 18.0 Å². The third-order valence-electron chi connectivity index (χ3n) is 5.89. The summed E-state index contributed by atoms with van der Waals surface area (Å²) >= 11 is 12.4. The van der Waals surface area contributed by atoms with Gasteiger partial charge in [0.15, 0.2) is 0 Å². The number of hydrogen-bond donors (Lipinski definition) is 1. The standard InChI is InChI=1S/C26H35Cl2N3O4S/c1-4-6-16-29-26(33)24(5-2)31(19-20-14-15-21(27)18-23(20)28)25(32)13-10-17-30(3)36(34,35)22-11-8-7-9-12-22/h7-9,11-12,14-15,18,24H,4-6,10,13,16-17,19H2,1-3H3,(H,29,33)/t24-/m1/s1. The summed E-state index contributed by atoms with van der Waals surface area (Å²) in [4.78, 5) is 28.0. The normalized spacial score (nSPS) is 12.4. The molecule has 0 aromatic heterocycles. The first kappa shape index (κ1) is 30.1. The Morgan fingerprint density at radius 3 is 2.33 bits per heavy atom. The van der Waals surface area contributed by atoms with E-state index < -0.39 is 16.1 Å². The van der Waals surface area contributed by atoms with E-state index in [1.807, 2.05) is 13.8 Å². The SMILES string of the molecule is CCCCNC(=O)[C@@H](CC)N(Cc1ccc(Cl)cc1Cl)C(=O)CCCN(C)S(=O)(=O)c1ccccc1. The molecule has 2 rings (SSSR count). The minimum atomic E-state index is -3.65. The lowest BCUT2D eigenvalue weighted by molar-refractivity contribution is -0.141. The van der Waals surface area contributed by atoms with Crippen molar-refractivity contribution in [3.63, 3.8) is 0 Å². The highest BCUT2D eigenvalue weighted by Gasteiger charge is 2.29. The van der Waals surface area contributed by atoms with Crippen LogP contribution in [-0.2, 0) is 26.2 Å². The summed E-state index contributed by atoms with van der Waals surface area (Å²) in [6.45, 7) is 4.74. The van der Waals surface area contributed by atoms with Crippen LogP contribution in [0.2, 0.25) is 10.0 Å². The predicted octanol–water partition coefficient (Wildman–Crippen LogP) is 5.12. The van der Waals surface area contributed by atoms with E-state index in [0.29, 0.717) is 35.0 Å². The third-order valence-corrected chi connectivity index (χ3v) is 8.34. The predicted molar refractivity (Wildman–Crippen MR) is 145 cm³/mol. The van der Waals surface area contributed by atoms with Crippen LogP contribution in [-0.4, -0.2) is 55.6 Å². The molecule has 0 fully saturated rings. The van der Waals surface area contributed by atoms with Crippen LogP contribution in [0.15, 0.2) is 53.4 Å². The maximum absolute atomic E-state index is 13.4. The van der Waals surface area contributed by atoms with Crippen molar-refractivity contribution in [2.24, 2.45) is 0 Å². The Morgan fingerprint density at radius 2 is 1.72 bits per heavy atom. The van der Waals surface area contributed by atoms with Crippen molar-refractivity contribution in [2.75, 3.05) is 20.1 Å². The molecule has 198 valence electrons. The number of unbranched alkanes of at least 4 members (excludes halogenated alkanes) is 1. The molecule has 36 heavy (non-hydrogen) atoms. The summed E-state index contributed by atoms with van der Waals surface area (Å²) < 4.78 is 26.8. The number of carbonyl (C=O) groups excluding carboxylic acids is 2. The molecule has 1 N–H and O–H groups in total. The summed E-state index contributed by atoms with van der Waals surface area (Å²) in [5, 5.41) is 3.81. The second-order valence-corrected chi connectivity index (χ2v) is 11.5. The number of benzene rings is 2. The summed E-state index contributed by atoms with van der Waals surface area (Å²) in [6, 6.07) is 12.5. The fraction of sp³-hybridized carbons (Fsp3) is 0.462. The topological polar surface area (TPSA) is 86.8 Å². The zero-order chi connectivity index (χ0) is 26.7. The lowest BCUT2D eigenvalue weighted by Gasteiger charge is -2.31. The van der Waals surface area contributed by atoms with E-state index in [9.17, 15) is 18.0 Å². The van der Waals surface area contributed by atoms with Gasteiger partial charge in [-0.3, -0.25) is 9.59 Å². The molecule has 0 radical (unpaired) electrons. The van der Waals surface area contributed by atoms with E-state index in [1.54, 1.807) is 36.4 Å². The highest BCUT2D eigenvalue weighted by molar-refractivity contribution is 7.89. The van der Waals surface area contributed by atoms with E-state index in [-0.39, 0.29) is 36.2 Å². The number of carbonyl (C=O) groups is 2. The van der Waals surface area contributed by atoms with Gasteiger partial charge >= 0.3 is 0 Å². The van der Waals surface area contributed by atoms with Gasteiger partial charge in [0.25, 0.3) is 0 Å². The molecule has 10 heteroatoms. The van der Waals surface area contributed by atoms with Gasteiger partial charge in [0, 0.05) is 43.1 Å². The van der Waals surface area contributed by atoms with Gasteiger partial charge in [0.2, 0.25) is 21.8 Å². The Balaban J connectivity index is 2.15. The van der Waals surface area contributed by atoms with Crippen LogP contribution in [0.1, 0.15) is 51.5 Å². The molecule has 2 aromatic carbocycles. The lowest BCUT2D eigenvalue weighted by Crippen LogP contribution is -2.49. The molecule has 0 aliphatic rings. The quantitative estimate of drug-likeness (QED) is 0.328. The van der Waals surface area contributed by atoms with E-state index in [0.717, 1.165) is 12.8 Å². The molecule has 0 saturated carbocycles. The highest BCUT2D eigenvalue weighted by atomic mass is 35.5. The molecule has 0 unspecified atom stereocenters.